The van der Waals surface area contributed by atoms with Crippen LogP contribution >= 0.6 is 0 Å². The van der Waals surface area contributed by atoms with Crippen LogP contribution in [0.15, 0.2) is 84.9 Å². The summed E-state index contributed by atoms with van der Waals surface area (Å²) >= 11 is 0. The highest BCUT2D eigenvalue weighted by Gasteiger charge is 2.32. The molecule has 0 aromatic heterocycles. The van der Waals surface area contributed by atoms with Crippen molar-refractivity contribution in [3.63, 3.8) is 0 Å². The van der Waals surface area contributed by atoms with E-state index in [1.165, 1.54) is 11.1 Å². The Kier molecular flexibility index (Phi) is 3.87. The van der Waals surface area contributed by atoms with Crippen molar-refractivity contribution in [1.82, 2.24) is 4.90 Å². The van der Waals surface area contributed by atoms with Crippen molar-refractivity contribution in [1.29, 1.82) is 0 Å². The van der Waals surface area contributed by atoms with Gasteiger partial charge >= 0.3 is 0 Å². The molecule has 1 aliphatic heterocycles. The Balaban J connectivity index is 1.80. The summed E-state index contributed by atoms with van der Waals surface area (Å²) < 4.78 is 0. The van der Waals surface area contributed by atoms with Crippen LogP contribution in [0.1, 0.15) is 33.1 Å². The molecule has 24 heavy (non-hydrogen) atoms. The highest BCUT2D eigenvalue weighted by molar-refractivity contribution is 5.95. The molecule has 1 atom stereocenters. The fourth-order valence-electron chi connectivity index (χ4n) is 3.53. The predicted molar refractivity (Wildman–Crippen MR) is 95.9 cm³/mol. The molecule has 0 unspecified atom stereocenters. The lowest BCUT2D eigenvalue weighted by molar-refractivity contribution is 0.0694. The van der Waals surface area contributed by atoms with Gasteiger partial charge in [-0.25, -0.2) is 0 Å². The molecule has 0 spiro atoms. The third kappa shape index (κ3) is 2.61. The van der Waals surface area contributed by atoms with Crippen molar-refractivity contribution in [3.05, 3.63) is 107 Å². The number of rotatable bonds is 2. The Hall–Kier alpha value is -2.87. The van der Waals surface area contributed by atoms with Crippen LogP contribution in [0.2, 0.25) is 0 Å². The topological polar surface area (TPSA) is 20.3 Å². The Bertz CT molecular complexity index is 842. The minimum absolute atomic E-state index is 0.0242. The monoisotopic (exact) mass is 313 g/mol. The summed E-state index contributed by atoms with van der Waals surface area (Å²) in [4.78, 5) is 15.1. The molecule has 0 saturated carbocycles. The zero-order chi connectivity index (χ0) is 16.4. The standard InChI is InChI=1S/C22H19NO/c24-22(19-12-5-2-6-13-19)23-16-15-17-9-7-8-14-20(17)21(23)18-10-3-1-4-11-18/h1-14,21H,15-16H2/t21-/m0/s1. The number of amides is 1. The van der Waals surface area contributed by atoms with E-state index in [0.717, 1.165) is 24.1 Å². The van der Waals surface area contributed by atoms with E-state index in [4.69, 9.17) is 0 Å². The van der Waals surface area contributed by atoms with Crippen LogP contribution in [-0.2, 0) is 6.42 Å². The fourth-order valence-corrected chi connectivity index (χ4v) is 3.53. The molecule has 0 saturated heterocycles. The van der Waals surface area contributed by atoms with Gasteiger partial charge in [0.15, 0.2) is 0 Å². The number of carbonyl (C=O) groups excluding carboxylic acids is 1. The van der Waals surface area contributed by atoms with Gasteiger partial charge in [0.1, 0.15) is 0 Å². The molecule has 0 N–H and O–H groups in total. The number of benzene rings is 3. The maximum atomic E-state index is 13.1. The average molecular weight is 313 g/mol. The number of hydrogen-bond acceptors (Lipinski definition) is 1. The first kappa shape index (κ1) is 14.7. The fraction of sp³-hybridized carbons (Fsp3) is 0.136. The van der Waals surface area contributed by atoms with Crippen molar-refractivity contribution >= 4 is 5.91 Å². The van der Waals surface area contributed by atoms with Gasteiger partial charge in [0.25, 0.3) is 5.91 Å². The van der Waals surface area contributed by atoms with Gasteiger partial charge < -0.3 is 4.90 Å². The molecule has 2 nitrogen and oxygen atoms in total. The van der Waals surface area contributed by atoms with E-state index in [-0.39, 0.29) is 11.9 Å². The van der Waals surface area contributed by atoms with Crippen molar-refractivity contribution in [2.45, 2.75) is 12.5 Å². The van der Waals surface area contributed by atoms with Crippen LogP contribution in [0.3, 0.4) is 0 Å². The highest BCUT2D eigenvalue weighted by atomic mass is 16.2. The number of carbonyl (C=O) groups is 1. The van der Waals surface area contributed by atoms with Crippen LogP contribution in [0.25, 0.3) is 0 Å². The molecule has 0 bridgehead atoms. The number of nitrogens with zero attached hydrogens (tertiary/aromatic N) is 1. The first-order valence-electron chi connectivity index (χ1n) is 8.33. The molecule has 0 fully saturated rings. The van der Waals surface area contributed by atoms with E-state index in [2.05, 4.69) is 36.4 Å². The zero-order valence-corrected chi connectivity index (χ0v) is 13.4. The average Bonchev–Trinajstić information content (AvgIpc) is 2.68. The Labute approximate surface area is 142 Å². The second kappa shape index (κ2) is 6.32. The van der Waals surface area contributed by atoms with Crippen molar-refractivity contribution in [2.24, 2.45) is 0 Å². The largest absolute Gasteiger partial charge is 0.327 e. The van der Waals surface area contributed by atoms with E-state index in [1.54, 1.807) is 0 Å². The summed E-state index contributed by atoms with van der Waals surface area (Å²) in [6.45, 7) is 0.740. The summed E-state index contributed by atoms with van der Waals surface area (Å²) in [6.07, 6.45) is 0.901. The van der Waals surface area contributed by atoms with Crippen LogP contribution in [0, 0.1) is 0 Å². The lowest BCUT2D eigenvalue weighted by atomic mass is 9.88. The first-order chi connectivity index (χ1) is 11.8. The van der Waals surface area contributed by atoms with Gasteiger partial charge in [0.05, 0.1) is 6.04 Å². The molecule has 0 aliphatic carbocycles. The number of hydrogen-bond donors (Lipinski definition) is 0. The van der Waals surface area contributed by atoms with Gasteiger partial charge in [-0.05, 0) is 35.2 Å². The first-order valence-corrected chi connectivity index (χ1v) is 8.33. The normalized spacial score (nSPS) is 16.5. The Morgan fingerprint density at radius 1 is 0.792 bits per heavy atom. The van der Waals surface area contributed by atoms with E-state index in [1.807, 2.05) is 53.4 Å². The van der Waals surface area contributed by atoms with Crippen LogP contribution in [0.5, 0.6) is 0 Å². The van der Waals surface area contributed by atoms with Gasteiger partial charge in [-0.15, -0.1) is 0 Å². The van der Waals surface area contributed by atoms with Crippen LogP contribution < -0.4 is 0 Å². The summed E-state index contributed by atoms with van der Waals surface area (Å²) in [5.74, 6) is 0.0963. The maximum Gasteiger partial charge on any atom is 0.254 e. The smallest absolute Gasteiger partial charge is 0.254 e. The zero-order valence-electron chi connectivity index (χ0n) is 13.4. The third-order valence-corrected chi connectivity index (χ3v) is 4.68. The molecule has 1 aliphatic rings. The minimum Gasteiger partial charge on any atom is -0.327 e. The molecule has 0 radical (unpaired) electrons. The van der Waals surface area contributed by atoms with Crippen LogP contribution in [0.4, 0.5) is 0 Å². The van der Waals surface area contributed by atoms with Gasteiger partial charge in [-0.2, -0.15) is 0 Å². The van der Waals surface area contributed by atoms with Crippen molar-refractivity contribution < 1.29 is 4.79 Å². The van der Waals surface area contributed by atoms with E-state index in [0.29, 0.717) is 0 Å². The van der Waals surface area contributed by atoms with Gasteiger partial charge in [-0.1, -0.05) is 72.8 Å². The minimum atomic E-state index is -0.0242. The molecule has 3 aromatic rings. The second-order valence-electron chi connectivity index (χ2n) is 6.13. The lowest BCUT2D eigenvalue weighted by Crippen LogP contribution is -2.40. The molecule has 1 heterocycles. The quantitative estimate of drug-likeness (QED) is 0.683. The maximum absolute atomic E-state index is 13.1. The van der Waals surface area contributed by atoms with Gasteiger partial charge in [0, 0.05) is 12.1 Å². The molecule has 3 aromatic carbocycles. The summed E-state index contributed by atoms with van der Waals surface area (Å²) in [5, 5.41) is 0. The van der Waals surface area contributed by atoms with Gasteiger partial charge in [-0.3, -0.25) is 4.79 Å². The van der Waals surface area contributed by atoms with Crippen LogP contribution in [-0.4, -0.2) is 17.4 Å². The lowest BCUT2D eigenvalue weighted by Gasteiger charge is -2.38. The third-order valence-electron chi connectivity index (χ3n) is 4.68. The highest BCUT2D eigenvalue weighted by Crippen LogP contribution is 2.35. The summed E-state index contributed by atoms with van der Waals surface area (Å²) in [6, 6.07) is 28.3. The summed E-state index contributed by atoms with van der Waals surface area (Å²) in [7, 11) is 0. The van der Waals surface area contributed by atoms with E-state index in [9.17, 15) is 4.79 Å². The van der Waals surface area contributed by atoms with E-state index >= 15 is 0 Å². The molecule has 4 rings (SSSR count). The molecule has 118 valence electrons. The Morgan fingerprint density at radius 2 is 1.42 bits per heavy atom. The SMILES string of the molecule is O=C(c1ccccc1)N1CCc2ccccc2[C@@H]1c1ccccc1. The Morgan fingerprint density at radius 3 is 2.17 bits per heavy atom. The van der Waals surface area contributed by atoms with Crippen molar-refractivity contribution in [3.8, 4) is 0 Å². The summed E-state index contributed by atoms with van der Waals surface area (Å²) in [5.41, 5.74) is 4.48. The van der Waals surface area contributed by atoms with Gasteiger partial charge in [0.2, 0.25) is 0 Å². The number of fused-ring (bicyclic) bond motifs is 1. The second-order valence-corrected chi connectivity index (χ2v) is 6.13. The molecule has 1 amide bonds. The van der Waals surface area contributed by atoms with Crippen molar-refractivity contribution in [2.75, 3.05) is 6.54 Å². The van der Waals surface area contributed by atoms with E-state index < -0.39 is 0 Å². The molecule has 2 heteroatoms. The molecular formula is C22H19NO. The predicted octanol–water partition coefficient (Wildman–Crippen LogP) is 4.47. The molecular weight excluding hydrogens is 294 g/mol.